The van der Waals surface area contributed by atoms with E-state index < -0.39 is 0 Å². The van der Waals surface area contributed by atoms with E-state index in [2.05, 4.69) is 20.5 Å². The summed E-state index contributed by atoms with van der Waals surface area (Å²) in [5, 5.41) is 19.8. The van der Waals surface area contributed by atoms with Crippen molar-refractivity contribution < 1.29 is 9.90 Å². The molecule has 2 aromatic heterocycles. The maximum Gasteiger partial charge on any atom is 0.251 e. The smallest absolute Gasteiger partial charge is 0.251 e. The van der Waals surface area contributed by atoms with Crippen molar-refractivity contribution in [3.05, 3.63) is 95.8 Å². The first kappa shape index (κ1) is 19.5. The van der Waals surface area contributed by atoms with Crippen molar-refractivity contribution in [1.82, 2.24) is 20.5 Å². The van der Waals surface area contributed by atoms with Crippen LogP contribution in [0.15, 0.2) is 79.0 Å². The lowest BCUT2D eigenvalue weighted by molar-refractivity contribution is 0.0954. The van der Waals surface area contributed by atoms with Gasteiger partial charge < -0.3 is 10.4 Å². The van der Waals surface area contributed by atoms with Crippen LogP contribution in [0, 0.1) is 0 Å². The van der Waals surface area contributed by atoms with E-state index in [0.29, 0.717) is 24.2 Å². The van der Waals surface area contributed by atoms with Gasteiger partial charge >= 0.3 is 0 Å². The Bertz CT molecular complexity index is 1140. The summed E-state index contributed by atoms with van der Waals surface area (Å²) in [6.07, 6.45) is 2.42. The minimum Gasteiger partial charge on any atom is -0.392 e. The van der Waals surface area contributed by atoms with Gasteiger partial charge in [0.25, 0.3) is 5.91 Å². The number of H-pyrrole nitrogens is 1. The number of nitrogens with zero attached hydrogens (tertiary/aromatic N) is 2. The number of carbonyl (C=O) groups is 1. The average molecular weight is 398 g/mol. The van der Waals surface area contributed by atoms with Crippen molar-refractivity contribution in [2.75, 3.05) is 6.54 Å². The first-order valence-electron chi connectivity index (χ1n) is 9.77. The Balaban J connectivity index is 1.52. The van der Waals surface area contributed by atoms with Crippen LogP contribution in [0.2, 0.25) is 0 Å². The van der Waals surface area contributed by atoms with Crippen LogP contribution < -0.4 is 5.32 Å². The van der Waals surface area contributed by atoms with Crippen LogP contribution in [0.1, 0.15) is 21.6 Å². The first-order valence-corrected chi connectivity index (χ1v) is 9.77. The quantitative estimate of drug-likeness (QED) is 0.444. The molecule has 0 fully saturated rings. The molecule has 0 aliphatic carbocycles. The molecule has 0 unspecified atom stereocenters. The van der Waals surface area contributed by atoms with Crippen molar-refractivity contribution in [1.29, 1.82) is 0 Å². The Labute approximate surface area is 174 Å². The van der Waals surface area contributed by atoms with Gasteiger partial charge in [-0.25, -0.2) is 0 Å². The predicted octanol–water partition coefficient (Wildman–Crippen LogP) is 3.60. The largest absolute Gasteiger partial charge is 0.392 e. The highest BCUT2D eigenvalue weighted by Crippen LogP contribution is 2.27. The summed E-state index contributed by atoms with van der Waals surface area (Å²) in [5.41, 5.74) is 5.54. The summed E-state index contributed by atoms with van der Waals surface area (Å²) >= 11 is 0. The molecular formula is C24H22N4O2. The van der Waals surface area contributed by atoms with E-state index in [9.17, 15) is 9.90 Å². The van der Waals surface area contributed by atoms with Crippen molar-refractivity contribution in [3.8, 4) is 22.5 Å². The number of aliphatic hydroxyl groups is 1. The lowest BCUT2D eigenvalue weighted by atomic mass is 10.0. The average Bonchev–Trinajstić information content (AvgIpc) is 3.30. The number of nitrogens with one attached hydrogen (secondary N) is 2. The molecule has 4 rings (SSSR count). The number of pyridine rings is 1. The summed E-state index contributed by atoms with van der Waals surface area (Å²) in [5.74, 6) is -0.145. The number of aromatic amines is 1. The van der Waals surface area contributed by atoms with Crippen molar-refractivity contribution >= 4 is 5.91 Å². The van der Waals surface area contributed by atoms with Crippen molar-refractivity contribution in [2.45, 2.75) is 13.0 Å². The van der Waals surface area contributed by atoms with Crippen molar-refractivity contribution in [3.63, 3.8) is 0 Å². The van der Waals surface area contributed by atoms with Crippen LogP contribution in [-0.4, -0.2) is 32.7 Å². The summed E-state index contributed by atoms with van der Waals surface area (Å²) < 4.78 is 0. The summed E-state index contributed by atoms with van der Waals surface area (Å²) in [7, 11) is 0. The number of carbonyl (C=O) groups excluding carboxylic acids is 1. The van der Waals surface area contributed by atoms with Crippen LogP contribution in [0.4, 0.5) is 0 Å². The second-order valence-corrected chi connectivity index (χ2v) is 6.90. The molecule has 3 N–H and O–H groups in total. The molecule has 0 spiro atoms. The van der Waals surface area contributed by atoms with E-state index in [1.165, 1.54) is 0 Å². The summed E-state index contributed by atoms with van der Waals surface area (Å²) in [6, 6.07) is 22.7. The predicted molar refractivity (Wildman–Crippen MR) is 116 cm³/mol. The second kappa shape index (κ2) is 9.15. The highest BCUT2D eigenvalue weighted by molar-refractivity contribution is 6.00. The summed E-state index contributed by atoms with van der Waals surface area (Å²) in [4.78, 5) is 17.1. The zero-order valence-electron chi connectivity index (χ0n) is 16.4. The highest BCUT2D eigenvalue weighted by Gasteiger charge is 2.15. The van der Waals surface area contributed by atoms with E-state index in [1.807, 2.05) is 66.7 Å². The number of aromatic nitrogens is 3. The van der Waals surface area contributed by atoms with Gasteiger partial charge in [0.05, 0.1) is 18.0 Å². The number of rotatable bonds is 7. The molecule has 0 saturated heterocycles. The van der Waals surface area contributed by atoms with Crippen LogP contribution in [0.5, 0.6) is 0 Å². The lowest BCUT2D eigenvalue weighted by Crippen LogP contribution is -2.26. The third-order valence-electron chi connectivity index (χ3n) is 4.84. The van der Waals surface area contributed by atoms with Gasteiger partial charge in [0.1, 0.15) is 0 Å². The van der Waals surface area contributed by atoms with E-state index in [4.69, 9.17) is 0 Å². The maximum absolute atomic E-state index is 12.8. The molecule has 2 heterocycles. The molecule has 0 aliphatic rings. The molecule has 0 aliphatic heterocycles. The molecular weight excluding hydrogens is 376 g/mol. The topological polar surface area (TPSA) is 90.9 Å². The molecule has 1 amide bonds. The van der Waals surface area contributed by atoms with E-state index >= 15 is 0 Å². The van der Waals surface area contributed by atoms with Gasteiger partial charge in [0.15, 0.2) is 0 Å². The summed E-state index contributed by atoms with van der Waals surface area (Å²) in [6.45, 7) is 0.486. The van der Waals surface area contributed by atoms with Gasteiger partial charge in [-0.2, -0.15) is 5.10 Å². The Kier molecular flexibility index (Phi) is 5.96. The standard InChI is InChI=1S/C24H22N4O2/c29-16-17-6-5-7-18(14-17)22-15-23(28-27-22)20-9-1-2-10-21(20)24(30)26-13-11-19-8-3-4-12-25-19/h1-10,12,14-15,29H,11,13,16H2,(H,26,30)(H,27,28). The normalized spacial score (nSPS) is 10.7. The fraction of sp³-hybridized carbons (Fsp3) is 0.125. The molecule has 30 heavy (non-hydrogen) atoms. The SMILES string of the molecule is O=C(NCCc1ccccn1)c1ccccc1-c1cc(-c2cccc(CO)c2)[nH]n1. The van der Waals surface area contributed by atoms with Gasteiger partial charge in [0, 0.05) is 36.0 Å². The zero-order valence-corrected chi connectivity index (χ0v) is 16.4. The first-order chi connectivity index (χ1) is 14.7. The molecule has 4 aromatic rings. The number of hydrogen-bond donors (Lipinski definition) is 3. The molecule has 6 nitrogen and oxygen atoms in total. The van der Waals surface area contributed by atoms with Crippen molar-refractivity contribution in [2.24, 2.45) is 0 Å². The van der Waals surface area contributed by atoms with Gasteiger partial charge in [-0.15, -0.1) is 0 Å². The molecule has 0 atom stereocenters. The van der Waals surface area contributed by atoms with Crippen LogP contribution >= 0.6 is 0 Å². The number of aliphatic hydroxyl groups excluding tert-OH is 1. The fourth-order valence-electron chi connectivity index (χ4n) is 3.29. The monoisotopic (exact) mass is 398 g/mol. The molecule has 0 bridgehead atoms. The third kappa shape index (κ3) is 4.45. The van der Waals surface area contributed by atoms with E-state index in [1.54, 1.807) is 12.3 Å². The van der Waals surface area contributed by atoms with Gasteiger partial charge in [-0.1, -0.05) is 42.5 Å². The molecule has 2 aromatic carbocycles. The van der Waals surface area contributed by atoms with Gasteiger partial charge in [-0.05, 0) is 41.5 Å². The third-order valence-corrected chi connectivity index (χ3v) is 4.84. The minimum absolute atomic E-state index is 0.0175. The fourth-order valence-corrected chi connectivity index (χ4v) is 3.29. The maximum atomic E-state index is 12.8. The Morgan fingerprint density at radius 1 is 1.00 bits per heavy atom. The Morgan fingerprint density at radius 2 is 1.87 bits per heavy atom. The van der Waals surface area contributed by atoms with Gasteiger partial charge in [-0.3, -0.25) is 14.9 Å². The second-order valence-electron chi connectivity index (χ2n) is 6.90. The Morgan fingerprint density at radius 3 is 2.70 bits per heavy atom. The lowest BCUT2D eigenvalue weighted by Gasteiger charge is -2.08. The highest BCUT2D eigenvalue weighted by atomic mass is 16.3. The van der Waals surface area contributed by atoms with E-state index in [0.717, 1.165) is 28.1 Å². The molecule has 6 heteroatoms. The Hall–Kier alpha value is -3.77. The van der Waals surface area contributed by atoms with E-state index in [-0.39, 0.29) is 12.5 Å². The van der Waals surface area contributed by atoms with Crippen LogP contribution in [0.3, 0.4) is 0 Å². The minimum atomic E-state index is -0.145. The molecule has 150 valence electrons. The zero-order chi connectivity index (χ0) is 20.8. The van der Waals surface area contributed by atoms with Gasteiger partial charge in [0.2, 0.25) is 0 Å². The number of benzene rings is 2. The van der Waals surface area contributed by atoms with Crippen LogP contribution in [0.25, 0.3) is 22.5 Å². The number of hydrogen-bond acceptors (Lipinski definition) is 4. The van der Waals surface area contributed by atoms with Crippen LogP contribution in [-0.2, 0) is 13.0 Å². The molecule has 0 radical (unpaired) electrons. The number of amides is 1. The molecule has 0 saturated carbocycles.